The van der Waals surface area contributed by atoms with Crippen LogP contribution >= 0.6 is 15.9 Å². The van der Waals surface area contributed by atoms with E-state index in [2.05, 4.69) is 35.0 Å². The summed E-state index contributed by atoms with van der Waals surface area (Å²) in [5, 5.41) is 1.14. The molecule has 0 atom stereocenters. The highest BCUT2D eigenvalue weighted by molar-refractivity contribution is 9.09. The standard InChI is InChI=1S/C20H39BrO2/c1-2-3-4-5-9-12-15-18-22-20-23-19-16-13-10-7-6-8-11-14-17-21/h10,13H,2-9,11-12,14-20H2,1H3. The maximum atomic E-state index is 5.49. The summed E-state index contributed by atoms with van der Waals surface area (Å²) in [4.78, 5) is 0. The smallest absolute Gasteiger partial charge is 0.146 e. The van der Waals surface area contributed by atoms with E-state index in [1.54, 1.807) is 0 Å². The number of alkyl halides is 1. The van der Waals surface area contributed by atoms with Gasteiger partial charge < -0.3 is 9.47 Å². The quantitative estimate of drug-likeness (QED) is 0.102. The average molecular weight is 391 g/mol. The Labute approximate surface area is 153 Å². The topological polar surface area (TPSA) is 18.5 Å². The number of halogens is 1. The SMILES string of the molecule is CCCCCCCCCOCOCCC=CCCCCCCBr. The summed E-state index contributed by atoms with van der Waals surface area (Å²) in [7, 11) is 0. The van der Waals surface area contributed by atoms with Crippen molar-refractivity contribution in [2.24, 2.45) is 0 Å². The fraction of sp³-hybridized carbons (Fsp3) is 0.900. The van der Waals surface area contributed by atoms with Crippen molar-refractivity contribution >= 4 is 15.9 Å². The molecular formula is C20H39BrO2. The van der Waals surface area contributed by atoms with Gasteiger partial charge in [-0.2, -0.15) is 0 Å². The zero-order valence-corrected chi connectivity index (χ0v) is 17.0. The zero-order valence-electron chi connectivity index (χ0n) is 15.4. The monoisotopic (exact) mass is 390 g/mol. The maximum Gasteiger partial charge on any atom is 0.146 e. The summed E-state index contributed by atoms with van der Waals surface area (Å²) < 4.78 is 11.0. The number of unbranched alkanes of at least 4 members (excludes halogenated alkanes) is 10. The van der Waals surface area contributed by atoms with E-state index in [1.807, 2.05) is 0 Å². The lowest BCUT2D eigenvalue weighted by Crippen LogP contribution is -2.02. The molecule has 0 radical (unpaired) electrons. The van der Waals surface area contributed by atoms with Gasteiger partial charge in [0.2, 0.25) is 0 Å². The summed E-state index contributed by atoms with van der Waals surface area (Å²) in [6.45, 7) is 4.34. The summed E-state index contributed by atoms with van der Waals surface area (Å²) in [5.74, 6) is 0. The molecule has 0 fully saturated rings. The Morgan fingerprint density at radius 2 is 1.26 bits per heavy atom. The van der Waals surface area contributed by atoms with Gasteiger partial charge in [0.25, 0.3) is 0 Å². The van der Waals surface area contributed by atoms with Gasteiger partial charge in [-0.25, -0.2) is 0 Å². The van der Waals surface area contributed by atoms with Crippen LogP contribution in [-0.2, 0) is 9.47 Å². The Kier molecular flexibility index (Phi) is 22.3. The van der Waals surface area contributed by atoms with Crippen LogP contribution in [0.4, 0.5) is 0 Å². The molecule has 3 heteroatoms. The first kappa shape index (κ1) is 23.1. The molecule has 0 aliphatic carbocycles. The van der Waals surface area contributed by atoms with Gasteiger partial charge in [-0.15, -0.1) is 0 Å². The third-order valence-corrected chi connectivity index (χ3v) is 4.47. The van der Waals surface area contributed by atoms with Crippen LogP contribution in [0.3, 0.4) is 0 Å². The molecule has 0 spiro atoms. The van der Waals surface area contributed by atoms with E-state index in [0.29, 0.717) is 6.79 Å². The van der Waals surface area contributed by atoms with Gasteiger partial charge in [-0.3, -0.25) is 0 Å². The van der Waals surface area contributed by atoms with Gasteiger partial charge in [0.15, 0.2) is 0 Å². The van der Waals surface area contributed by atoms with E-state index in [-0.39, 0.29) is 0 Å². The average Bonchev–Trinajstić information content (AvgIpc) is 2.57. The predicted molar refractivity (Wildman–Crippen MR) is 105 cm³/mol. The predicted octanol–water partition coefficient (Wildman–Crippen LogP) is 7.02. The summed E-state index contributed by atoms with van der Waals surface area (Å²) in [6.07, 6.45) is 21.3. The van der Waals surface area contributed by atoms with Crippen LogP contribution in [0.25, 0.3) is 0 Å². The van der Waals surface area contributed by atoms with E-state index in [9.17, 15) is 0 Å². The van der Waals surface area contributed by atoms with Crippen molar-refractivity contribution in [1.29, 1.82) is 0 Å². The van der Waals surface area contributed by atoms with Gasteiger partial charge >= 0.3 is 0 Å². The first-order chi connectivity index (χ1) is 11.4. The molecule has 0 heterocycles. The third-order valence-electron chi connectivity index (χ3n) is 3.91. The van der Waals surface area contributed by atoms with Crippen LogP contribution in [0.1, 0.15) is 90.4 Å². The summed E-state index contributed by atoms with van der Waals surface area (Å²) in [6, 6.07) is 0. The third kappa shape index (κ3) is 22.1. The Balaban J connectivity index is 3.02. The number of hydrogen-bond acceptors (Lipinski definition) is 2. The lowest BCUT2D eigenvalue weighted by molar-refractivity contribution is -0.0531. The van der Waals surface area contributed by atoms with E-state index in [4.69, 9.17) is 9.47 Å². The van der Waals surface area contributed by atoms with Crippen molar-refractivity contribution in [1.82, 2.24) is 0 Å². The Morgan fingerprint density at radius 1 is 0.652 bits per heavy atom. The van der Waals surface area contributed by atoms with Gasteiger partial charge in [0.1, 0.15) is 6.79 Å². The molecule has 0 aromatic carbocycles. The number of rotatable bonds is 19. The Morgan fingerprint density at radius 3 is 2.04 bits per heavy atom. The van der Waals surface area contributed by atoms with Crippen molar-refractivity contribution < 1.29 is 9.47 Å². The van der Waals surface area contributed by atoms with Gasteiger partial charge in [-0.1, -0.05) is 86.4 Å². The second-order valence-corrected chi connectivity index (χ2v) is 7.00. The van der Waals surface area contributed by atoms with Crippen LogP contribution in [0.5, 0.6) is 0 Å². The minimum absolute atomic E-state index is 0.455. The van der Waals surface area contributed by atoms with Crippen molar-refractivity contribution in [2.75, 3.05) is 25.3 Å². The molecule has 0 saturated heterocycles. The molecule has 2 nitrogen and oxygen atoms in total. The summed E-state index contributed by atoms with van der Waals surface area (Å²) in [5.41, 5.74) is 0. The fourth-order valence-corrected chi connectivity index (χ4v) is 2.83. The van der Waals surface area contributed by atoms with E-state index < -0.39 is 0 Å². The van der Waals surface area contributed by atoms with Crippen LogP contribution in [0.15, 0.2) is 12.2 Å². The highest BCUT2D eigenvalue weighted by atomic mass is 79.9. The minimum Gasteiger partial charge on any atom is -0.355 e. The molecule has 0 unspecified atom stereocenters. The van der Waals surface area contributed by atoms with Crippen LogP contribution < -0.4 is 0 Å². The maximum absolute atomic E-state index is 5.49. The van der Waals surface area contributed by atoms with Gasteiger partial charge in [0.05, 0.1) is 6.61 Å². The highest BCUT2D eigenvalue weighted by Gasteiger charge is 1.92. The van der Waals surface area contributed by atoms with E-state index in [0.717, 1.165) is 25.0 Å². The second-order valence-electron chi connectivity index (χ2n) is 6.21. The Hall–Kier alpha value is 0.140. The molecule has 0 bridgehead atoms. The molecule has 0 rings (SSSR count). The molecule has 0 saturated carbocycles. The van der Waals surface area contributed by atoms with Gasteiger partial charge in [0, 0.05) is 11.9 Å². The van der Waals surface area contributed by atoms with Crippen molar-refractivity contribution in [3.63, 3.8) is 0 Å². The number of allylic oxidation sites excluding steroid dienone is 1. The van der Waals surface area contributed by atoms with Crippen LogP contribution in [-0.4, -0.2) is 25.3 Å². The van der Waals surface area contributed by atoms with E-state index >= 15 is 0 Å². The van der Waals surface area contributed by atoms with Crippen molar-refractivity contribution in [3.8, 4) is 0 Å². The molecule has 138 valence electrons. The lowest BCUT2D eigenvalue weighted by atomic mass is 10.1. The molecular weight excluding hydrogens is 352 g/mol. The molecule has 0 aliphatic rings. The first-order valence-electron chi connectivity index (χ1n) is 9.78. The zero-order chi connectivity index (χ0) is 16.8. The van der Waals surface area contributed by atoms with E-state index in [1.165, 1.54) is 77.0 Å². The van der Waals surface area contributed by atoms with Crippen molar-refractivity contribution in [2.45, 2.75) is 90.4 Å². The highest BCUT2D eigenvalue weighted by Crippen LogP contribution is 2.07. The molecule has 0 aliphatic heterocycles. The van der Waals surface area contributed by atoms with Crippen molar-refractivity contribution in [3.05, 3.63) is 12.2 Å². The van der Waals surface area contributed by atoms with Crippen LogP contribution in [0.2, 0.25) is 0 Å². The number of ether oxygens (including phenoxy) is 2. The second kappa shape index (κ2) is 22.1. The normalized spacial score (nSPS) is 11.6. The molecule has 0 amide bonds. The molecule has 0 aromatic heterocycles. The first-order valence-corrected chi connectivity index (χ1v) is 10.9. The summed E-state index contributed by atoms with van der Waals surface area (Å²) >= 11 is 3.46. The molecule has 0 aromatic rings. The minimum atomic E-state index is 0.455. The largest absolute Gasteiger partial charge is 0.355 e. The lowest BCUT2D eigenvalue weighted by Gasteiger charge is -2.05. The number of hydrogen-bond donors (Lipinski definition) is 0. The van der Waals surface area contributed by atoms with Gasteiger partial charge in [-0.05, 0) is 32.1 Å². The fourth-order valence-electron chi connectivity index (χ4n) is 2.44. The molecule has 0 N–H and O–H groups in total. The molecule has 23 heavy (non-hydrogen) atoms. The Bertz CT molecular complexity index is 232. The van der Waals surface area contributed by atoms with Crippen LogP contribution in [0, 0.1) is 0 Å².